The van der Waals surface area contributed by atoms with E-state index in [9.17, 15) is 4.79 Å². The third kappa shape index (κ3) is 4.33. The van der Waals surface area contributed by atoms with Crippen LogP contribution in [0.2, 0.25) is 0 Å². The zero-order chi connectivity index (χ0) is 20.4. The van der Waals surface area contributed by atoms with Crippen LogP contribution in [0.1, 0.15) is 64.6 Å². The van der Waals surface area contributed by atoms with Gasteiger partial charge < -0.3 is 4.74 Å². The number of hydrogen-bond donors (Lipinski definition) is 0. The van der Waals surface area contributed by atoms with Crippen molar-refractivity contribution in [2.45, 2.75) is 56.9 Å². The Bertz CT molecular complexity index is 1020. The van der Waals surface area contributed by atoms with Crippen molar-refractivity contribution in [1.82, 2.24) is 9.97 Å². The molecule has 1 saturated carbocycles. The Kier molecular flexibility index (Phi) is 6.20. The summed E-state index contributed by atoms with van der Waals surface area (Å²) in [4.78, 5) is 25.0. The number of Topliss-reactive ketones (excluding diaryl/α,β-unsaturated/α-hetero) is 1. The second kappa shape index (κ2) is 8.84. The van der Waals surface area contributed by atoms with Crippen LogP contribution in [0.15, 0.2) is 29.3 Å². The zero-order valence-electron chi connectivity index (χ0n) is 17.2. The fourth-order valence-corrected chi connectivity index (χ4v) is 5.96. The molecular formula is C23H26N2O2S2. The second-order valence-corrected chi connectivity index (χ2v) is 9.79. The average Bonchev–Trinajstić information content (AvgIpc) is 3.06. The summed E-state index contributed by atoms with van der Waals surface area (Å²) in [5.74, 6) is 2.66. The molecule has 2 heterocycles. The van der Waals surface area contributed by atoms with E-state index in [-0.39, 0.29) is 5.78 Å². The molecule has 0 spiro atoms. The third-order valence-corrected chi connectivity index (χ3v) is 7.81. The van der Waals surface area contributed by atoms with Crippen molar-refractivity contribution in [1.29, 1.82) is 0 Å². The number of fused-ring (bicyclic) bond motifs is 1. The molecule has 4 nitrogen and oxygen atoms in total. The van der Waals surface area contributed by atoms with Gasteiger partial charge in [0.25, 0.3) is 0 Å². The molecule has 29 heavy (non-hydrogen) atoms. The first kappa shape index (κ1) is 20.4. The maximum Gasteiger partial charge on any atom is 0.173 e. The van der Waals surface area contributed by atoms with Crippen LogP contribution in [-0.2, 0) is 0 Å². The van der Waals surface area contributed by atoms with Crippen LogP contribution in [0.25, 0.3) is 10.2 Å². The molecule has 0 bridgehead atoms. The predicted octanol–water partition coefficient (Wildman–Crippen LogP) is 6.34. The quantitative estimate of drug-likeness (QED) is 0.261. The lowest BCUT2D eigenvalue weighted by molar-refractivity contribution is 0.102. The van der Waals surface area contributed by atoms with Gasteiger partial charge >= 0.3 is 0 Å². The molecule has 2 aromatic heterocycles. The lowest BCUT2D eigenvalue weighted by Gasteiger charge is -2.20. The molecule has 0 radical (unpaired) electrons. The fraction of sp³-hybridized carbons (Fsp3) is 0.435. The number of benzene rings is 1. The predicted molar refractivity (Wildman–Crippen MR) is 121 cm³/mol. The summed E-state index contributed by atoms with van der Waals surface area (Å²) < 4.78 is 5.18. The van der Waals surface area contributed by atoms with Crippen LogP contribution in [0, 0.1) is 13.8 Å². The third-order valence-electron chi connectivity index (χ3n) is 5.74. The number of ketones is 1. The number of methoxy groups -OCH3 is 1. The number of ether oxygens (including phenoxy) is 1. The molecule has 3 aromatic rings. The Balaban J connectivity index is 1.61. The number of rotatable bonds is 6. The number of carbonyl (C=O) groups is 1. The van der Waals surface area contributed by atoms with Crippen molar-refractivity contribution >= 4 is 39.1 Å². The maximum atomic E-state index is 12.7. The topological polar surface area (TPSA) is 52.1 Å². The van der Waals surface area contributed by atoms with Gasteiger partial charge in [0.2, 0.25) is 0 Å². The van der Waals surface area contributed by atoms with E-state index in [0.717, 1.165) is 26.8 Å². The minimum Gasteiger partial charge on any atom is -0.497 e. The highest BCUT2D eigenvalue weighted by Gasteiger charge is 2.22. The minimum absolute atomic E-state index is 0.105. The van der Waals surface area contributed by atoms with Gasteiger partial charge in [-0.1, -0.05) is 31.0 Å². The van der Waals surface area contributed by atoms with E-state index in [1.54, 1.807) is 30.2 Å². The molecule has 0 aliphatic heterocycles. The normalized spacial score (nSPS) is 15.0. The summed E-state index contributed by atoms with van der Waals surface area (Å²) in [5.41, 5.74) is 1.94. The molecule has 0 amide bonds. The van der Waals surface area contributed by atoms with Crippen LogP contribution in [0.5, 0.6) is 5.75 Å². The first-order valence-corrected chi connectivity index (χ1v) is 11.9. The largest absolute Gasteiger partial charge is 0.497 e. The number of aryl methyl sites for hydroxylation is 2. The number of thioether (sulfide) groups is 1. The van der Waals surface area contributed by atoms with Gasteiger partial charge in [0.1, 0.15) is 21.4 Å². The first-order valence-electron chi connectivity index (χ1n) is 10.1. The monoisotopic (exact) mass is 426 g/mol. The summed E-state index contributed by atoms with van der Waals surface area (Å²) in [6, 6.07) is 7.30. The molecule has 0 N–H and O–H groups in total. The molecule has 0 unspecified atom stereocenters. The summed E-state index contributed by atoms with van der Waals surface area (Å²) in [5, 5.41) is 2.08. The van der Waals surface area contributed by atoms with Gasteiger partial charge in [0.05, 0.1) is 12.9 Å². The van der Waals surface area contributed by atoms with E-state index in [1.165, 1.54) is 42.5 Å². The van der Waals surface area contributed by atoms with Crippen molar-refractivity contribution in [3.8, 4) is 5.75 Å². The molecule has 0 atom stereocenters. The number of carbonyl (C=O) groups excluding carboxylic acids is 1. The van der Waals surface area contributed by atoms with Crippen molar-refractivity contribution < 1.29 is 9.53 Å². The van der Waals surface area contributed by atoms with Crippen LogP contribution >= 0.6 is 23.1 Å². The van der Waals surface area contributed by atoms with Crippen molar-refractivity contribution in [3.63, 3.8) is 0 Å². The van der Waals surface area contributed by atoms with E-state index in [1.807, 2.05) is 24.3 Å². The zero-order valence-corrected chi connectivity index (χ0v) is 18.8. The first-order chi connectivity index (χ1) is 14.1. The number of hydrogen-bond acceptors (Lipinski definition) is 6. The Morgan fingerprint density at radius 1 is 1.14 bits per heavy atom. The molecule has 152 valence electrons. The summed E-state index contributed by atoms with van der Waals surface area (Å²) in [6.07, 6.45) is 6.17. The van der Waals surface area contributed by atoms with Gasteiger partial charge in [-0.05, 0) is 56.5 Å². The molecule has 1 fully saturated rings. The van der Waals surface area contributed by atoms with Gasteiger partial charge in [-0.2, -0.15) is 0 Å². The fourth-order valence-electron chi connectivity index (χ4n) is 3.87. The van der Waals surface area contributed by atoms with E-state index >= 15 is 0 Å². The number of aromatic nitrogens is 2. The van der Waals surface area contributed by atoms with E-state index in [4.69, 9.17) is 14.7 Å². The molecule has 0 saturated heterocycles. The van der Waals surface area contributed by atoms with Crippen LogP contribution in [0.3, 0.4) is 0 Å². The minimum atomic E-state index is 0.105. The van der Waals surface area contributed by atoms with Crippen LogP contribution in [-0.4, -0.2) is 28.6 Å². The van der Waals surface area contributed by atoms with Crippen LogP contribution in [0.4, 0.5) is 0 Å². The summed E-state index contributed by atoms with van der Waals surface area (Å²) in [7, 11) is 1.63. The highest BCUT2D eigenvalue weighted by molar-refractivity contribution is 8.00. The number of thiophene rings is 1. The van der Waals surface area contributed by atoms with Gasteiger partial charge in [-0.3, -0.25) is 4.79 Å². The van der Waals surface area contributed by atoms with Gasteiger partial charge in [-0.15, -0.1) is 11.3 Å². The Labute approximate surface area is 180 Å². The Hall–Kier alpha value is -1.92. The van der Waals surface area contributed by atoms with Crippen molar-refractivity contribution in [2.75, 3.05) is 12.9 Å². The Morgan fingerprint density at radius 2 is 1.86 bits per heavy atom. The highest BCUT2D eigenvalue weighted by atomic mass is 32.2. The second-order valence-electron chi connectivity index (χ2n) is 7.63. The van der Waals surface area contributed by atoms with Gasteiger partial charge in [0, 0.05) is 21.7 Å². The molecule has 1 aliphatic carbocycles. The molecular weight excluding hydrogens is 400 g/mol. The van der Waals surface area contributed by atoms with Crippen LogP contribution < -0.4 is 4.74 Å². The lowest BCUT2D eigenvalue weighted by atomic mass is 9.89. The average molecular weight is 427 g/mol. The molecule has 1 aliphatic rings. The van der Waals surface area contributed by atoms with Gasteiger partial charge in [-0.25, -0.2) is 9.97 Å². The van der Waals surface area contributed by atoms with E-state index in [2.05, 4.69) is 13.8 Å². The summed E-state index contributed by atoms with van der Waals surface area (Å²) >= 11 is 3.29. The van der Waals surface area contributed by atoms with Crippen molar-refractivity contribution in [3.05, 3.63) is 46.1 Å². The molecule has 4 rings (SSSR count). The summed E-state index contributed by atoms with van der Waals surface area (Å²) in [6.45, 7) is 4.27. The van der Waals surface area contributed by atoms with E-state index < -0.39 is 0 Å². The standard InChI is InChI=1S/C23H26N2O2S2/c1-14-15(2)29-23-20(14)22(24-21(25-23)17-7-5-4-6-8-17)28-13-19(26)16-9-11-18(27-3)12-10-16/h9-12,17H,4-8,13H2,1-3H3. The Morgan fingerprint density at radius 3 is 2.55 bits per heavy atom. The van der Waals surface area contributed by atoms with Gasteiger partial charge in [0.15, 0.2) is 5.78 Å². The molecule has 1 aromatic carbocycles. The maximum absolute atomic E-state index is 12.7. The number of nitrogens with zero attached hydrogens (tertiary/aromatic N) is 2. The van der Waals surface area contributed by atoms with Crippen molar-refractivity contribution in [2.24, 2.45) is 0 Å². The lowest BCUT2D eigenvalue weighted by Crippen LogP contribution is -2.10. The SMILES string of the molecule is COc1ccc(C(=O)CSc2nc(C3CCCCC3)nc3sc(C)c(C)c23)cc1. The smallest absolute Gasteiger partial charge is 0.173 e. The highest BCUT2D eigenvalue weighted by Crippen LogP contribution is 2.38. The van der Waals surface area contributed by atoms with E-state index in [0.29, 0.717) is 17.2 Å². The molecule has 6 heteroatoms.